The molecule has 8 nitrogen and oxygen atoms in total. The van der Waals surface area contributed by atoms with Crippen molar-refractivity contribution in [3.05, 3.63) is 63.4 Å². The molecule has 2 heterocycles. The van der Waals surface area contributed by atoms with Gasteiger partial charge in [-0.3, -0.25) is 14.4 Å². The normalized spacial score (nSPS) is 17.3. The average Bonchev–Trinajstić information content (AvgIpc) is 3.35. The molecule has 4 rings (SSSR count). The number of carbonyl (C=O) groups is 3. The summed E-state index contributed by atoms with van der Waals surface area (Å²) in [6, 6.07) is 8.98. The molecular formula is C30H38Cl2FN5O3. The first-order valence-electron chi connectivity index (χ1n) is 14.1. The number of nitrogens with zero attached hydrogens (tertiary/aromatic N) is 3. The highest BCUT2D eigenvalue weighted by Gasteiger charge is 2.37. The second-order valence-corrected chi connectivity index (χ2v) is 12.0. The molecule has 2 aromatic rings. The summed E-state index contributed by atoms with van der Waals surface area (Å²) in [7, 11) is 0. The molecule has 41 heavy (non-hydrogen) atoms. The summed E-state index contributed by atoms with van der Waals surface area (Å²) in [5, 5.41) is 4.17. The Hall–Kier alpha value is -2.88. The van der Waals surface area contributed by atoms with E-state index >= 15 is 0 Å². The number of nitrogens with one attached hydrogen (secondary N) is 1. The van der Waals surface area contributed by atoms with E-state index in [4.69, 9.17) is 28.9 Å². The van der Waals surface area contributed by atoms with Crippen LogP contribution in [0, 0.1) is 11.7 Å². The topological polar surface area (TPSA) is 99.0 Å². The SMILES string of the molecule is CC(C)CC(NCC(N)=O)c1cc(F)ccc1N1CCN(C(=O)C(Cc2ccc(Cl)cc2Cl)N2CCCC2=O)CC1. The molecule has 3 amide bonds. The lowest BCUT2D eigenvalue weighted by Gasteiger charge is -2.40. The van der Waals surface area contributed by atoms with Gasteiger partial charge < -0.3 is 25.8 Å². The van der Waals surface area contributed by atoms with Crippen molar-refractivity contribution in [1.29, 1.82) is 0 Å². The Morgan fingerprint density at radius 1 is 1.05 bits per heavy atom. The first-order valence-corrected chi connectivity index (χ1v) is 14.9. The smallest absolute Gasteiger partial charge is 0.245 e. The monoisotopic (exact) mass is 605 g/mol. The van der Waals surface area contributed by atoms with Crippen molar-refractivity contribution in [1.82, 2.24) is 15.1 Å². The molecule has 0 saturated carbocycles. The van der Waals surface area contributed by atoms with Crippen LogP contribution in [-0.4, -0.2) is 72.8 Å². The molecule has 2 atom stereocenters. The second kappa shape index (κ2) is 13.9. The minimum Gasteiger partial charge on any atom is -0.369 e. The van der Waals surface area contributed by atoms with Crippen molar-refractivity contribution >= 4 is 46.6 Å². The van der Waals surface area contributed by atoms with Crippen molar-refractivity contribution in [3.63, 3.8) is 0 Å². The van der Waals surface area contributed by atoms with E-state index in [1.54, 1.807) is 34.1 Å². The lowest BCUT2D eigenvalue weighted by molar-refractivity contribution is -0.143. The van der Waals surface area contributed by atoms with Crippen molar-refractivity contribution in [3.8, 4) is 0 Å². The second-order valence-electron chi connectivity index (χ2n) is 11.2. The van der Waals surface area contributed by atoms with Crippen LogP contribution in [0.2, 0.25) is 10.0 Å². The molecule has 2 aliphatic rings. The van der Waals surface area contributed by atoms with Crippen LogP contribution in [0.1, 0.15) is 50.3 Å². The molecule has 3 N–H and O–H groups in total. The van der Waals surface area contributed by atoms with Gasteiger partial charge in [-0.05, 0) is 60.2 Å². The van der Waals surface area contributed by atoms with E-state index in [-0.39, 0.29) is 30.2 Å². The summed E-state index contributed by atoms with van der Waals surface area (Å²) in [5.74, 6) is -0.667. The number of hydrogen-bond acceptors (Lipinski definition) is 5. The predicted octanol–water partition coefficient (Wildman–Crippen LogP) is 4.18. The highest BCUT2D eigenvalue weighted by Crippen LogP contribution is 2.32. The minimum atomic E-state index is -0.648. The van der Waals surface area contributed by atoms with E-state index in [1.165, 1.54) is 12.1 Å². The van der Waals surface area contributed by atoms with Crippen LogP contribution >= 0.6 is 23.2 Å². The summed E-state index contributed by atoms with van der Waals surface area (Å²) in [6.07, 6.45) is 2.16. The van der Waals surface area contributed by atoms with Gasteiger partial charge in [0.05, 0.1) is 6.54 Å². The largest absolute Gasteiger partial charge is 0.369 e. The third kappa shape index (κ3) is 7.90. The zero-order valence-electron chi connectivity index (χ0n) is 23.5. The van der Waals surface area contributed by atoms with Crippen LogP contribution in [0.5, 0.6) is 0 Å². The molecule has 222 valence electrons. The summed E-state index contributed by atoms with van der Waals surface area (Å²) in [5.41, 5.74) is 7.77. The van der Waals surface area contributed by atoms with Gasteiger partial charge in [-0.1, -0.05) is 43.1 Å². The number of carbonyl (C=O) groups excluding carboxylic acids is 3. The quantitative estimate of drug-likeness (QED) is 0.400. The molecule has 0 aliphatic carbocycles. The van der Waals surface area contributed by atoms with E-state index in [9.17, 15) is 18.8 Å². The molecule has 2 aliphatic heterocycles. The molecule has 0 aromatic heterocycles. The lowest BCUT2D eigenvalue weighted by atomic mass is 9.94. The van der Waals surface area contributed by atoms with Crippen molar-refractivity contribution in [2.75, 3.05) is 44.2 Å². The Bertz CT molecular complexity index is 1270. The van der Waals surface area contributed by atoms with E-state index in [0.29, 0.717) is 67.9 Å². The van der Waals surface area contributed by atoms with Crippen molar-refractivity contribution in [2.24, 2.45) is 11.7 Å². The van der Waals surface area contributed by atoms with E-state index in [2.05, 4.69) is 24.1 Å². The maximum atomic E-state index is 14.4. The zero-order chi connectivity index (χ0) is 29.7. The van der Waals surface area contributed by atoms with E-state index in [0.717, 1.165) is 23.2 Å². The molecule has 0 bridgehead atoms. The maximum Gasteiger partial charge on any atom is 0.245 e. The highest BCUT2D eigenvalue weighted by molar-refractivity contribution is 6.35. The molecule has 2 saturated heterocycles. The number of amides is 3. The van der Waals surface area contributed by atoms with Gasteiger partial charge in [-0.15, -0.1) is 0 Å². The van der Waals surface area contributed by atoms with Gasteiger partial charge >= 0.3 is 0 Å². The van der Waals surface area contributed by atoms with Crippen molar-refractivity contribution < 1.29 is 18.8 Å². The number of likely N-dealkylation sites (tertiary alicyclic amines) is 1. The fourth-order valence-corrected chi connectivity index (χ4v) is 6.20. The van der Waals surface area contributed by atoms with Gasteiger partial charge in [0.15, 0.2) is 0 Å². The van der Waals surface area contributed by atoms with Crippen LogP contribution in [0.25, 0.3) is 0 Å². The standard InChI is InChI=1S/C30H38Cl2FN5O3/c1-19(2)14-25(35-18-28(34)39)23-17-22(33)7-8-26(23)36-10-12-37(13-11-36)30(41)27(38-9-3-4-29(38)40)15-20-5-6-21(31)16-24(20)32/h5-8,16-17,19,25,27,35H,3-4,9-15,18H2,1-2H3,(H2,34,39). The first kappa shape index (κ1) is 31.1. The van der Waals surface area contributed by atoms with Crippen LogP contribution < -0.4 is 16.0 Å². The average molecular weight is 607 g/mol. The number of rotatable bonds is 11. The first-order chi connectivity index (χ1) is 19.5. The molecule has 2 fully saturated rings. The minimum absolute atomic E-state index is 0.0101. The van der Waals surface area contributed by atoms with Crippen molar-refractivity contribution in [2.45, 2.75) is 51.6 Å². The summed E-state index contributed by atoms with van der Waals surface area (Å²) in [4.78, 5) is 43.7. The number of anilines is 1. The number of benzene rings is 2. The Labute approximate surface area is 250 Å². The van der Waals surface area contributed by atoms with E-state index in [1.807, 2.05) is 0 Å². The molecule has 11 heteroatoms. The van der Waals surface area contributed by atoms with Crippen LogP contribution in [-0.2, 0) is 20.8 Å². The van der Waals surface area contributed by atoms with Crippen LogP contribution in [0.3, 0.4) is 0 Å². The van der Waals surface area contributed by atoms with Gasteiger partial charge in [-0.2, -0.15) is 0 Å². The number of hydrogen-bond donors (Lipinski definition) is 2. The maximum absolute atomic E-state index is 14.4. The third-order valence-electron chi connectivity index (χ3n) is 7.73. The fourth-order valence-electron chi connectivity index (χ4n) is 5.71. The van der Waals surface area contributed by atoms with Gasteiger partial charge in [0.2, 0.25) is 17.7 Å². The Morgan fingerprint density at radius 2 is 1.78 bits per heavy atom. The lowest BCUT2D eigenvalue weighted by Crippen LogP contribution is -2.56. The number of nitrogens with two attached hydrogens (primary N) is 1. The number of piperazine rings is 1. The Kier molecular flexibility index (Phi) is 10.5. The van der Waals surface area contributed by atoms with Gasteiger partial charge in [0, 0.05) is 67.3 Å². The Balaban J connectivity index is 1.52. The summed E-state index contributed by atoms with van der Waals surface area (Å²) >= 11 is 12.5. The fraction of sp³-hybridized carbons (Fsp3) is 0.500. The number of primary amides is 1. The molecule has 0 radical (unpaired) electrons. The molecule has 2 unspecified atom stereocenters. The van der Waals surface area contributed by atoms with E-state index < -0.39 is 11.9 Å². The van der Waals surface area contributed by atoms with Crippen LogP contribution in [0.4, 0.5) is 10.1 Å². The Morgan fingerprint density at radius 3 is 2.39 bits per heavy atom. The molecule has 0 spiro atoms. The zero-order valence-corrected chi connectivity index (χ0v) is 25.1. The third-order valence-corrected chi connectivity index (χ3v) is 8.31. The molecule has 2 aromatic carbocycles. The number of halogens is 3. The van der Waals surface area contributed by atoms with Crippen LogP contribution in [0.15, 0.2) is 36.4 Å². The summed E-state index contributed by atoms with van der Waals surface area (Å²) < 4.78 is 14.4. The van der Waals surface area contributed by atoms with Gasteiger partial charge in [0.1, 0.15) is 11.9 Å². The highest BCUT2D eigenvalue weighted by atomic mass is 35.5. The van der Waals surface area contributed by atoms with Gasteiger partial charge in [-0.25, -0.2) is 4.39 Å². The summed E-state index contributed by atoms with van der Waals surface area (Å²) in [6.45, 7) is 6.65. The predicted molar refractivity (Wildman–Crippen MR) is 159 cm³/mol. The molecular weight excluding hydrogens is 568 g/mol. The van der Waals surface area contributed by atoms with Gasteiger partial charge in [0.25, 0.3) is 0 Å².